The minimum atomic E-state index is -0.709. The van der Waals surface area contributed by atoms with Gasteiger partial charge in [0.2, 0.25) is 0 Å². The molecule has 0 aliphatic heterocycles. The summed E-state index contributed by atoms with van der Waals surface area (Å²) in [5, 5.41) is 19.4. The van der Waals surface area contributed by atoms with Crippen LogP contribution in [0.4, 0.5) is 0 Å². The lowest BCUT2D eigenvalue weighted by atomic mass is 9.78. The van der Waals surface area contributed by atoms with E-state index in [1.54, 1.807) is 0 Å². The topological polar surface area (TPSA) is 60.8 Å². The summed E-state index contributed by atoms with van der Waals surface area (Å²) in [6.07, 6.45) is 6.26. The molecule has 0 heterocycles. The smallest absolute Gasteiger partial charge is 0.306 e. The van der Waals surface area contributed by atoms with Crippen LogP contribution in [0, 0.1) is 5.92 Å². The van der Waals surface area contributed by atoms with Gasteiger partial charge in [-0.25, -0.2) is 0 Å². The summed E-state index contributed by atoms with van der Waals surface area (Å²) in [6.45, 7) is 0.698. The summed E-state index contributed by atoms with van der Waals surface area (Å²) in [7, 11) is 2.07. The first-order valence-corrected chi connectivity index (χ1v) is 6.66. The minimum absolute atomic E-state index is 0.246. The van der Waals surface area contributed by atoms with E-state index in [9.17, 15) is 9.90 Å². The molecule has 2 aliphatic carbocycles. The van der Waals surface area contributed by atoms with Crippen LogP contribution in [0.15, 0.2) is 0 Å². The van der Waals surface area contributed by atoms with Crippen LogP contribution in [0.1, 0.15) is 44.9 Å². The molecule has 0 radical (unpaired) electrons. The predicted octanol–water partition coefficient (Wildman–Crippen LogP) is 1.48. The molecule has 2 aliphatic rings. The highest BCUT2D eigenvalue weighted by Gasteiger charge is 2.38. The van der Waals surface area contributed by atoms with E-state index in [0.29, 0.717) is 38.3 Å². The van der Waals surface area contributed by atoms with Crippen LogP contribution >= 0.6 is 0 Å². The molecule has 2 N–H and O–H groups in total. The molecule has 0 amide bonds. The van der Waals surface area contributed by atoms with Crippen molar-refractivity contribution in [2.24, 2.45) is 5.92 Å². The van der Waals surface area contributed by atoms with Crippen molar-refractivity contribution in [2.75, 3.05) is 13.6 Å². The Bertz CT molecular complexity index is 280. The quantitative estimate of drug-likeness (QED) is 0.782. The average Bonchev–Trinajstić information content (AvgIpc) is 2.14. The van der Waals surface area contributed by atoms with Crippen LogP contribution in [0.25, 0.3) is 0 Å². The Balaban J connectivity index is 1.82. The summed E-state index contributed by atoms with van der Waals surface area (Å²) in [5.74, 6) is -0.955. The molecule has 2 saturated carbocycles. The van der Waals surface area contributed by atoms with E-state index in [4.69, 9.17) is 5.11 Å². The van der Waals surface area contributed by atoms with Crippen molar-refractivity contribution < 1.29 is 15.0 Å². The number of likely N-dealkylation sites (N-methyl/N-ethyl adjacent to an activating group) is 1. The zero-order valence-corrected chi connectivity index (χ0v) is 10.6. The van der Waals surface area contributed by atoms with Gasteiger partial charge in [0.1, 0.15) is 0 Å². The number of carboxylic acids is 1. The molecule has 0 atom stereocenters. The fraction of sp³-hybridized carbons (Fsp3) is 0.923. The second-order valence-corrected chi connectivity index (χ2v) is 5.84. The maximum Gasteiger partial charge on any atom is 0.306 e. The standard InChI is InChI=1S/C13H23NO3/c1-14(11-3-2-4-11)9-13(17)7-5-10(6-8-13)12(15)16/h10-11,17H,2-9H2,1H3,(H,15,16). The van der Waals surface area contributed by atoms with Gasteiger partial charge in [0.05, 0.1) is 11.5 Å². The lowest BCUT2D eigenvalue weighted by molar-refractivity contribution is -0.145. The van der Waals surface area contributed by atoms with Crippen molar-refractivity contribution in [3.63, 3.8) is 0 Å². The number of carbonyl (C=O) groups is 1. The number of hydrogen-bond donors (Lipinski definition) is 2. The largest absolute Gasteiger partial charge is 0.481 e. The molecule has 17 heavy (non-hydrogen) atoms. The number of nitrogens with zero attached hydrogens (tertiary/aromatic N) is 1. The normalized spacial score (nSPS) is 34.6. The minimum Gasteiger partial charge on any atom is -0.481 e. The second kappa shape index (κ2) is 4.94. The maximum absolute atomic E-state index is 10.9. The van der Waals surface area contributed by atoms with Crippen molar-refractivity contribution in [1.82, 2.24) is 4.90 Å². The summed E-state index contributed by atoms with van der Waals surface area (Å²) >= 11 is 0. The van der Waals surface area contributed by atoms with Gasteiger partial charge in [-0.3, -0.25) is 4.79 Å². The van der Waals surface area contributed by atoms with E-state index in [0.717, 1.165) is 0 Å². The Morgan fingerprint density at radius 2 is 1.88 bits per heavy atom. The molecule has 0 saturated heterocycles. The third kappa shape index (κ3) is 2.99. The van der Waals surface area contributed by atoms with E-state index in [-0.39, 0.29) is 5.92 Å². The van der Waals surface area contributed by atoms with Crippen LogP contribution in [-0.4, -0.2) is 46.3 Å². The van der Waals surface area contributed by atoms with Gasteiger partial charge in [0.15, 0.2) is 0 Å². The maximum atomic E-state index is 10.9. The highest BCUT2D eigenvalue weighted by Crippen LogP contribution is 2.34. The first-order chi connectivity index (χ1) is 8.00. The molecule has 0 spiro atoms. The second-order valence-electron chi connectivity index (χ2n) is 5.84. The summed E-state index contributed by atoms with van der Waals surface area (Å²) in [6, 6.07) is 0.635. The van der Waals surface area contributed by atoms with Gasteiger partial charge >= 0.3 is 5.97 Å². The molecule has 0 aromatic carbocycles. The first kappa shape index (κ1) is 12.8. The van der Waals surface area contributed by atoms with E-state index in [1.165, 1.54) is 19.3 Å². The SMILES string of the molecule is CN(CC1(O)CCC(C(=O)O)CC1)C1CCC1. The Hall–Kier alpha value is -0.610. The Morgan fingerprint density at radius 3 is 2.29 bits per heavy atom. The number of aliphatic hydroxyl groups is 1. The molecule has 4 nitrogen and oxygen atoms in total. The number of rotatable bonds is 4. The van der Waals surface area contributed by atoms with Gasteiger partial charge in [-0.1, -0.05) is 6.42 Å². The van der Waals surface area contributed by atoms with Crippen LogP contribution in [0.3, 0.4) is 0 Å². The summed E-state index contributed by atoms with van der Waals surface area (Å²) < 4.78 is 0. The van der Waals surface area contributed by atoms with Crippen LogP contribution < -0.4 is 0 Å². The van der Waals surface area contributed by atoms with Gasteiger partial charge in [0, 0.05) is 12.6 Å². The molecular formula is C13H23NO3. The molecule has 0 bridgehead atoms. The molecule has 98 valence electrons. The number of hydrogen-bond acceptors (Lipinski definition) is 3. The fourth-order valence-electron chi connectivity index (χ4n) is 2.98. The van der Waals surface area contributed by atoms with Gasteiger partial charge in [-0.15, -0.1) is 0 Å². The van der Waals surface area contributed by atoms with Crippen molar-refractivity contribution in [2.45, 2.75) is 56.6 Å². The highest BCUT2D eigenvalue weighted by molar-refractivity contribution is 5.70. The summed E-state index contributed by atoms with van der Waals surface area (Å²) in [5.41, 5.74) is -0.656. The third-order valence-corrected chi connectivity index (χ3v) is 4.51. The molecule has 2 rings (SSSR count). The van der Waals surface area contributed by atoms with Gasteiger partial charge in [0.25, 0.3) is 0 Å². The van der Waals surface area contributed by atoms with E-state index >= 15 is 0 Å². The van der Waals surface area contributed by atoms with Crippen molar-refractivity contribution in [1.29, 1.82) is 0 Å². The van der Waals surface area contributed by atoms with Crippen molar-refractivity contribution >= 4 is 5.97 Å². The third-order valence-electron chi connectivity index (χ3n) is 4.51. The van der Waals surface area contributed by atoms with Crippen LogP contribution in [-0.2, 0) is 4.79 Å². The van der Waals surface area contributed by atoms with E-state index in [2.05, 4.69) is 11.9 Å². The number of aliphatic carboxylic acids is 1. The molecule has 0 unspecified atom stereocenters. The molecular weight excluding hydrogens is 218 g/mol. The number of carboxylic acid groups (broad SMARTS) is 1. The van der Waals surface area contributed by atoms with E-state index in [1.807, 2.05) is 0 Å². The summed E-state index contributed by atoms with van der Waals surface area (Å²) in [4.78, 5) is 13.1. The molecule has 0 aromatic heterocycles. The zero-order chi connectivity index (χ0) is 12.5. The van der Waals surface area contributed by atoms with Gasteiger partial charge < -0.3 is 15.1 Å². The van der Waals surface area contributed by atoms with Crippen LogP contribution in [0.2, 0.25) is 0 Å². The van der Waals surface area contributed by atoms with Crippen LogP contribution in [0.5, 0.6) is 0 Å². The van der Waals surface area contributed by atoms with Crippen molar-refractivity contribution in [3.8, 4) is 0 Å². The average molecular weight is 241 g/mol. The lowest BCUT2D eigenvalue weighted by Crippen LogP contribution is -2.49. The first-order valence-electron chi connectivity index (χ1n) is 6.66. The highest BCUT2D eigenvalue weighted by atomic mass is 16.4. The fourth-order valence-corrected chi connectivity index (χ4v) is 2.98. The van der Waals surface area contributed by atoms with Crippen molar-refractivity contribution in [3.05, 3.63) is 0 Å². The van der Waals surface area contributed by atoms with E-state index < -0.39 is 11.6 Å². The Labute approximate surface area is 103 Å². The lowest BCUT2D eigenvalue weighted by Gasteiger charge is -2.42. The Morgan fingerprint density at radius 1 is 1.29 bits per heavy atom. The zero-order valence-electron chi connectivity index (χ0n) is 10.6. The molecule has 2 fully saturated rings. The monoisotopic (exact) mass is 241 g/mol. The molecule has 0 aromatic rings. The molecule has 4 heteroatoms. The van der Waals surface area contributed by atoms with Gasteiger partial charge in [-0.05, 0) is 45.6 Å². The predicted molar refractivity (Wildman–Crippen MR) is 64.8 cm³/mol. The van der Waals surface area contributed by atoms with Gasteiger partial charge in [-0.2, -0.15) is 0 Å². The Kier molecular flexibility index (Phi) is 3.73.